The lowest BCUT2D eigenvalue weighted by molar-refractivity contribution is 0.662. The van der Waals surface area contributed by atoms with Gasteiger partial charge in [0.05, 0.1) is 0 Å². The van der Waals surface area contributed by atoms with Gasteiger partial charge in [-0.15, -0.1) is 0 Å². The number of aromatic nitrogens is 2. The molecule has 0 saturated carbocycles. The van der Waals surface area contributed by atoms with Crippen molar-refractivity contribution in [3.05, 3.63) is 61.2 Å². The molecule has 0 aliphatic heterocycles. The standard InChI is InChI=1S/C12H10Cl2N2OS/c13-9-2-1-8(10(14)7-9)3-5-16-6-4-11(17)15-12(16)18/h1-2,4,6-7H,3,5H2,(H,15,17,18). The summed E-state index contributed by atoms with van der Waals surface area (Å²) in [5.41, 5.74) is 0.801. The van der Waals surface area contributed by atoms with Crippen LogP contribution in [0.2, 0.25) is 10.0 Å². The minimum Gasteiger partial charge on any atom is -0.325 e. The van der Waals surface area contributed by atoms with Crippen LogP contribution < -0.4 is 5.56 Å². The summed E-state index contributed by atoms with van der Waals surface area (Å²) in [6.07, 6.45) is 2.39. The Morgan fingerprint density at radius 3 is 2.72 bits per heavy atom. The molecule has 2 aromatic rings. The number of hydrogen-bond donors (Lipinski definition) is 1. The molecule has 0 amide bonds. The summed E-state index contributed by atoms with van der Waals surface area (Å²) in [6.45, 7) is 0.650. The topological polar surface area (TPSA) is 37.8 Å². The lowest BCUT2D eigenvalue weighted by atomic mass is 10.1. The summed E-state index contributed by atoms with van der Waals surface area (Å²) >= 11 is 17.0. The second-order valence-electron chi connectivity index (χ2n) is 3.79. The highest BCUT2D eigenvalue weighted by Crippen LogP contribution is 2.21. The van der Waals surface area contributed by atoms with E-state index < -0.39 is 0 Å². The molecule has 18 heavy (non-hydrogen) atoms. The highest BCUT2D eigenvalue weighted by Gasteiger charge is 2.02. The van der Waals surface area contributed by atoms with E-state index in [0.717, 1.165) is 12.0 Å². The van der Waals surface area contributed by atoms with Crippen molar-refractivity contribution < 1.29 is 0 Å². The van der Waals surface area contributed by atoms with Crippen molar-refractivity contribution in [2.45, 2.75) is 13.0 Å². The van der Waals surface area contributed by atoms with Crippen LogP contribution in [-0.2, 0) is 13.0 Å². The highest BCUT2D eigenvalue weighted by atomic mass is 35.5. The molecule has 1 N–H and O–H groups in total. The molecule has 0 saturated heterocycles. The summed E-state index contributed by atoms with van der Waals surface area (Å²) in [4.78, 5) is 13.6. The molecule has 1 aromatic heterocycles. The van der Waals surface area contributed by atoms with Crippen LogP contribution in [0.5, 0.6) is 0 Å². The largest absolute Gasteiger partial charge is 0.325 e. The Hall–Kier alpha value is -1.10. The van der Waals surface area contributed by atoms with Crippen molar-refractivity contribution in [3.63, 3.8) is 0 Å². The number of nitrogens with zero attached hydrogens (tertiary/aromatic N) is 1. The summed E-state index contributed by atoms with van der Waals surface area (Å²) in [6, 6.07) is 6.85. The number of halogens is 2. The lowest BCUT2D eigenvalue weighted by Crippen LogP contribution is -2.12. The molecule has 0 radical (unpaired) electrons. The molecule has 0 bridgehead atoms. The number of aryl methyl sites for hydroxylation is 2. The summed E-state index contributed by atoms with van der Waals surface area (Å²) in [5, 5.41) is 1.25. The summed E-state index contributed by atoms with van der Waals surface area (Å²) in [7, 11) is 0. The van der Waals surface area contributed by atoms with Gasteiger partial charge in [0.25, 0.3) is 5.56 Å². The molecule has 0 fully saturated rings. The van der Waals surface area contributed by atoms with Gasteiger partial charge >= 0.3 is 0 Å². The fraction of sp³-hybridized carbons (Fsp3) is 0.167. The van der Waals surface area contributed by atoms with Crippen molar-refractivity contribution in [1.29, 1.82) is 0 Å². The number of nitrogens with one attached hydrogen (secondary N) is 1. The Kier molecular flexibility index (Phi) is 4.22. The third-order valence-corrected chi connectivity index (χ3v) is 3.46. The van der Waals surface area contributed by atoms with Crippen molar-refractivity contribution in [2.24, 2.45) is 0 Å². The fourth-order valence-corrected chi connectivity index (χ4v) is 2.34. The maximum absolute atomic E-state index is 11.0. The van der Waals surface area contributed by atoms with Crippen LogP contribution in [0.25, 0.3) is 0 Å². The maximum Gasteiger partial charge on any atom is 0.251 e. The Morgan fingerprint density at radius 1 is 1.28 bits per heavy atom. The van der Waals surface area contributed by atoms with Crippen LogP contribution in [0.15, 0.2) is 35.3 Å². The van der Waals surface area contributed by atoms with E-state index in [1.165, 1.54) is 6.07 Å². The molecule has 1 aromatic carbocycles. The van der Waals surface area contributed by atoms with E-state index in [1.54, 1.807) is 22.9 Å². The van der Waals surface area contributed by atoms with Crippen LogP contribution in [0.4, 0.5) is 0 Å². The zero-order chi connectivity index (χ0) is 13.1. The number of hydrogen-bond acceptors (Lipinski definition) is 2. The van der Waals surface area contributed by atoms with Gasteiger partial charge < -0.3 is 4.57 Å². The molecule has 3 nitrogen and oxygen atoms in total. The second-order valence-corrected chi connectivity index (χ2v) is 5.02. The van der Waals surface area contributed by atoms with Crippen LogP contribution in [-0.4, -0.2) is 9.55 Å². The fourth-order valence-electron chi connectivity index (χ4n) is 1.59. The average Bonchev–Trinajstić information content (AvgIpc) is 2.30. The number of H-pyrrole nitrogens is 1. The van der Waals surface area contributed by atoms with Crippen molar-refractivity contribution in [2.75, 3.05) is 0 Å². The van der Waals surface area contributed by atoms with Crippen molar-refractivity contribution >= 4 is 35.4 Å². The highest BCUT2D eigenvalue weighted by molar-refractivity contribution is 7.71. The summed E-state index contributed by atoms with van der Waals surface area (Å²) in [5.74, 6) is 0. The average molecular weight is 301 g/mol. The molecule has 1 heterocycles. The van der Waals surface area contributed by atoms with Crippen molar-refractivity contribution in [1.82, 2.24) is 9.55 Å². The van der Waals surface area contributed by atoms with Gasteiger partial charge in [-0.3, -0.25) is 9.78 Å². The lowest BCUT2D eigenvalue weighted by Gasteiger charge is -2.07. The zero-order valence-electron chi connectivity index (χ0n) is 9.32. The first-order valence-corrected chi connectivity index (χ1v) is 6.46. The van der Waals surface area contributed by atoms with E-state index in [9.17, 15) is 4.79 Å². The smallest absolute Gasteiger partial charge is 0.251 e. The quantitative estimate of drug-likeness (QED) is 0.882. The van der Waals surface area contributed by atoms with Gasteiger partial charge in [0.15, 0.2) is 4.77 Å². The van der Waals surface area contributed by atoms with Crippen LogP contribution in [0.3, 0.4) is 0 Å². The van der Waals surface area contributed by atoms with Gasteiger partial charge in [0.2, 0.25) is 0 Å². The Bertz CT molecular complexity index is 678. The predicted octanol–water partition coefficient (Wildman–Crippen LogP) is 3.46. The van der Waals surface area contributed by atoms with Crippen LogP contribution >= 0.6 is 35.4 Å². The first-order valence-electron chi connectivity index (χ1n) is 5.30. The SMILES string of the molecule is O=c1ccn(CCc2ccc(Cl)cc2Cl)c(=S)[nH]1. The monoisotopic (exact) mass is 300 g/mol. The minimum absolute atomic E-state index is 0.194. The van der Waals surface area contributed by atoms with E-state index >= 15 is 0 Å². The third-order valence-electron chi connectivity index (χ3n) is 2.53. The normalized spacial score (nSPS) is 10.6. The molecule has 2 rings (SSSR count). The Balaban J connectivity index is 2.16. The summed E-state index contributed by atoms with van der Waals surface area (Å²) < 4.78 is 2.20. The molecule has 6 heteroatoms. The Morgan fingerprint density at radius 2 is 2.06 bits per heavy atom. The van der Waals surface area contributed by atoms with Crippen molar-refractivity contribution in [3.8, 4) is 0 Å². The molecule has 0 aliphatic carbocycles. The third kappa shape index (κ3) is 3.22. The molecule has 0 aliphatic rings. The zero-order valence-corrected chi connectivity index (χ0v) is 11.6. The van der Waals surface area contributed by atoms with E-state index in [-0.39, 0.29) is 5.56 Å². The first kappa shape index (κ1) is 13.3. The minimum atomic E-state index is -0.194. The maximum atomic E-state index is 11.0. The van der Waals surface area contributed by atoms with Gasteiger partial charge in [-0.05, 0) is 36.3 Å². The predicted molar refractivity (Wildman–Crippen MR) is 76.1 cm³/mol. The van der Waals surface area contributed by atoms with E-state index in [1.807, 2.05) is 6.07 Å². The van der Waals surface area contributed by atoms with Gasteiger partial charge in [0.1, 0.15) is 0 Å². The van der Waals surface area contributed by atoms with E-state index in [4.69, 9.17) is 35.4 Å². The second kappa shape index (κ2) is 5.69. The van der Waals surface area contributed by atoms with E-state index in [0.29, 0.717) is 21.4 Å². The number of rotatable bonds is 3. The molecule has 94 valence electrons. The van der Waals surface area contributed by atoms with Gasteiger partial charge in [-0.1, -0.05) is 29.3 Å². The molecular weight excluding hydrogens is 291 g/mol. The molecule has 0 spiro atoms. The molecule has 0 atom stereocenters. The van der Waals surface area contributed by atoms with Crippen LogP contribution in [0, 0.1) is 4.77 Å². The van der Waals surface area contributed by atoms with Gasteiger partial charge in [-0.25, -0.2) is 0 Å². The van der Waals surface area contributed by atoms with Gasteiger partial charge in [-0.2, -0.15) is 0 Å². The van der Waals surface area contributed by atoms with Crippen LogP contribution in [0.1, 0.15) is 5.56 Å². The van der Waals surface area contributed by atoms with Gasteiger partial charge in [0, 0.05) is 28.9 Å². The number of aromatic amines is 1. The Labute approximate surface area is 119 Å². The first-order chi connectivity index (χ1) is 8.56. The molecular formula is C12H10Cl2N2OS. The number of benzene rings is 1. The molecule has 0 unspecified atom stereocenters. The van der Waals surface area contributed by atoms with E-state index in [2.05, 4.69) is 4.98 Å².